The summed E-state index contributed by atoms with van der Waals surface area (Å²) >= 11 is 0. The summed E-state index contributed by atoms with van der Waals surface area (Å²) in [5.41, 5.74) is 2.42. The Morgan fingerprint density at radius 2 is 1.25 bits per heavy atom. The number of para-hydroxylation sites is 1. The van der Waals surface area contributed by atoms with Gasteiger partial charge in [-0.3, -0.25) is 14.4 Å². The van der Waals surface area contributed by atoms with Gasteiger partial charge in [0.1, 0.15) is 17.5 Å². The van der Waals surface area contributed by atoms with Crippen LogP contribution in [0.4, 0.5) is 0 Å². The maximum absolute atomic E-state index is 13.3. The van der Waals surface area contributed by atoms with Crippen molar-refractivity contribution >= 4 is 17.5 Å². The van der Waals surface area contributed by atoms with Crippen LogP contribution in [-0.2, 0) is 27.4 Å². The normalized spacial score (nSPS) is 11.4. The zero-order valence-electron chi connectivity index (χ0n) is 22.3. The van der Waals surface area contributed by atoms with E-state index < -0.39 is 6.04 Å². The first-order chi connectivity index (χ1) is 19.6. The number of benzene rings is 4. The predicted octanol–water partition coefficient (Wildman–Crippen LogP) is 6.35. The van der Waals surface area contributed by atoms with Crippen LogP contribution in [0.25, 0.3) is 0 Å². The molecule has 0 bridgehead atoms. The van der Waals surface area contributed by atoms with E-state index in [1.165, 1.54) is 0 Å². The number of hydrogen-bond donors (Lipinski definition) is 1. The van der Waals surface area contributed by atoms with Gasteiger partial charge in [0.25, 0.3) is 0 Å². The zero-order chi connectivity index (χ0) is 28.0. The van der Waals surface area contributed by atoms with Crippen LogP contribution in [0.1, 0.15) is 40.7 Å². The third-order valence-corrected chi connectivity index (χ3v) is 6.30. The SMILES string of the molecule is O=C(CCCC(=O)c1ccccc1)NC(COCc1ccccc1)C(=O)Cc1ccc(Oc2ccccc2)cc1. The molecule has 0 spiro atoms. The monoisotopic (exact) mass is 535 g/mol. The van der Waals surface area contributed by atoms with Crippen molar-refractivity contribution in [3.05, 3.63) is 132 Å². The Balaban J connectivity index is 1.32. The van der Waals surface area contributed by atoms with Crippen molar-refractivity contribution in [1.82, 2.24) is 5.32 Å². The molecule has 0 aliphatic rings. The lowest BCUT2D eigenvalue weighted by atomic mass is 10.0. The number of rotatable bonds is 15. The van der Waals surface area contributed by atoms with Gasteiger partial charge in [0.05, 0.1) is 13.2 Å². The summed E-state index contributed by atoms with van der Waals surface area (Å²) in [5, 5.41) is 2.83. The molecule has 0 aromatic heterocycles. The second-order valence-corrected chi connectivity index (χ2v) is 9.47. The Kier molecular flexibility index (Phi) is 10.8. The van der Waals surface area contributed by atoms with Gasteiger partial charge in [-0.05, 0) is 41.8 Å². The van der Waals surface area contributed by atoms with Crippen LogP contribution >= 0.6 is 0 Å². The topological polar surface area (TPSA) is 81.7 Å². The first-order valence-electron chi connectivity index (χ1n) is 13.4. The first-order valence-corrected chi connectivity index (χ1v) is 13.4. The fourth-order valence-corrected chi connectivity index (χ4v) is 4.15. The molecule has 1 unspecified atom stereocenters. The van der Waals surface area contributed by atoms with Gasteiger partial charge in [0.15, 0.2) is 11.6 Å². The van der Waals surface area contributed by atoms with E-state index in [1.807, 2.05) is 103 Å². The fraction of sp³-hybridized carbons (Fsp3) is 0.206. The van der Waals surface area contributed by atoms with Gasteiger partial charge in [0.2, 0.25) is 5.91 Å². The van der Waals surface area contributed by atoms with Crippen molar-refractivity contribution in [2.24, 2.45) is 0 Å². The average molecular weight is 536 g/mol. The number of amides is 1. The van der Waals surface area contributed by atoms with E-state index in [0.29, 0.717) is 24.3 Å². The third-order valence-electron chi connectivity index (χ3n) is 6.30. The van der Waals surface area contributed by atoms with Crippen molar-refractivity contribution in [2.75, 3.05) is 6.61 Å². The largest absolute Gasteiger partial charge is 0.457 e. The molecule has 6 heteroatoms. The molecule has 0 radical (unpaired) electrons. The molecule has 0 fully saturated rings. The lowest BCUT2D eigenvalue weighted by Gasteiger charge is -2.18. The highest BCUT2D eigenvalue weighted by molar-refractivity contribution is 5.96. The Morgan fingerprint density at radius 1 is 0.650 bits per heavy atom. The van der Waals surface area contributed by atoms with Crippen molar-refractivity contribution in [1.29, 1.82) is 0 Å². The van der Waals surface area contributed by atoms with Gasteiger partial charge in [-0.1, -0.05) is 91.0 Å². The molecule has 1 N–H and O–H groups in total. The number of ketones is 2. The zero-order valence-corrected chi connectivity index (χ0v) is 22.3. The molecule has 204 valence electrons. The average Bonchev–Trinajstić information content (AvgIpc) is 2.99. The van der Waals surface area contributed by atoms with Gasteiger partial charge >= 0.3 is 0 Å². The first kappa shape index (κ1) is 28.5. The van der Waals surface area contributed by atoms with E-state index in [2.05, 4.69) is 5.32 Å². The molecule has 4 rings (SSSR count). The quantitative estimate of drug-likeness (QED) is 0.180. The van der Waals surface area contributed by atoms with Crippen molar-refractivity contribution in [3.63, 3.8) is 0 Å². The van der Waals surface area contributed by atoms with Crippen LogP contribution < -0.4 is 10.1 Å². The summed E-state index contributed by atoms with van der Waals surface area (Å²) in [6, 6.07) is 34.7. The van der Waals surface area contributed by atoms with Crippen LogP contribution in [-0.4, -0.2) is 30.1 Å². The number of carbonyl (C=O) groups excluding carboxylic acids is 3. The third kappa shape index (κ3) is 9.33. The van der Waals surface area contributed by atoms with Gasteiger partial charge in [-0.25, -0.2) is 0 Å². The van der Waals surface area contributed by atoms with Crippen molar-refractivity contribution < 1.29 is 23.9 Å². The van der Waals surface area contributed by atoms with Gasteiger partial charge in [0, 0.05) is 24.8 Å². The van der Waals surface area contributed by atoms with E-state index in [0.717, 1.165) is 16.9 Å². The van der Waals surface area contributed by atoms with Crippen molar-refractivity contribution in [2.45, 2.75) is 38.3 Å². The van der Waals surface area contributed by atoms with Crippen LogP contribution in [0.5, 0.6) is 11.5 Å². The van der Waals surface area contributed by atoms with E-state index in [4.69, 9.17) is 9.47 Å². The van der Waals surface area contributed by atoms with Crippen LogP contribution in [0.3, 0.4) is 0 Å². The van der Waals surface area contributed by atoms with Crippen LogP contribution in [0.15, 0.2) is 115 Å². The summed E-state index contributed by atoms with van der Waals surface area (Å²) in [6.45, 7) is 0.384. The molecular weight excluding hydrogens is 502 g/mol. The number of nitrogens with one attached hydrogen (secondary N) is 1. The molecule has 40 heavy (non-hydrogen) atoms. The van der Waals surface area contributed by atoms with E-state index >= 15 is 0 Å². The molecule has 0 aliphatic heterocycles. The van der Waals surface area contributed by atoms with Crippen LogP contribution in [0, 0.1) is 0 Å². The Morgan fingerprint density at radius 3 is 1.93 bits per heavy atom. The molecule has 0 saturated heterocycles. The maximum atomic E-state index is 13.3. The molecule has 0 saturated carbocycles. The van der Waals surface area contributed by atoms with Gasteiger partial charge in [-0.2, -0.15) is 0 Å². The summed E-state index contributed by atoms with van der Waals surface area (Å²) in [4.78, 5) is 38.3. The fourth-order valence-electron chi connectivity index (χ4n) is 4.15. The lowest BCUT2D eigenvalue weighted by molar-refractivity contribution is -0.129. The highest BCUT2D eigenvalue weighted by atomic mass is 16.5. The summed E-state index contributed by atoms with van der Waals surface area (Å²) < 4.78 is 11.6. The number of hydrogen-bond acceptors (Lipinski definition) is 5. The number of Topliss-reactive ketones (excluding diaryl/α,β-unsaturated/α-hetero) is 2. The van der Waals surface area contributed by atoms with E-state index in [1.54, 1.807) is 12.1 Å². The number of ether oxygens (including phenoxy) is 2. The molecule has 4 aromatic carbocycles. The van der Waals surface area contributed by atoms with E-state index in [-0.39, 0.29) is 43.3 Å². The molecule has 4 aromatic rings. The molecule has 6 nitrogen and oxygen atoms in total. The molecule has 0 aliphatic carbocycles. The minimum absolute atomic E-state index is 0.00749. The van der Waals surface area contributed by atoms with Gasteiger partial charge in [-0.15, -0.1) is 0 Å². The highest BCUT2D eigenvalue weighted by Crippen LogP contribution is 2.21. The Bertz CT molecular complexity index is 1360. The Hall–Kier alpha value is -4.55. The second-order valence-electron chi connectivity index (χ2n) is 9.47. The lowest BCUT2D eigenvalue weighted by Crippen LogP contribution is -2.44. The highest BCUT2D eigenvalue weighted by Gasteiger charge is 2.21. The second kappa shape index (κ2) is 15.1. The van der Waals surface area contributed by atoms with Crippen LogP contribution in [0.2, 0.25) is 0 Å². The smallest absolute Gasteiger partial charge is 0.220 e. The number of carbonyl (C=O) groups is 3. The summed E-state index contributed by atoms with van der Waals surface area (Å²) in [6.07, 6.45) is 0.941. The molecular formula is C34H33NO5. The maximum Gasteiger partial charge on any atom is 0.220 e. The molecule has 1 atom stereocenters. The summed E-state index contributed by atoms with van der Waals surface area (Å²) in [5.74, 6) is 0.957. The van der Waals surface area contributed by atoms with Gasteiger partial charge < -0.3 is 14.8 Å². The predicted molar refractivity (Wildman–Crippen MR) is 154 cm³/mol. The van der Waals surface area contributed by atoms with E-state index in [9.17, 15) is 14.4 Å². The summed E-state index contributed by atoms with van der Waals surface area (Å²) in [7, 11) is 0. The molecule has 0 heterocycles. The molecule has 1 amide bonds. The standard InChI is InChI=1S/C34H33NO5/c36-32(28-13-6-2-7-14-28)17-10-18-34(38)35-31(25-39-24-27-11-4-1-5-12-27)33(37)23-26-19-21-30(22-20-26)40-29-15-8-3-9-16-29/h1-9,11-16,19-22,31H,10,17-18,23-25H2,(H,35,38). The van der Waals surface area contributed by atoms with Crippen molar-refractivity contribution in [3.8, 4) is 11.5 Å². The minimum atomic E-state index is -0.804. The Labute approximate surface area is 235 Å². The minimum Gasteiger partial charge on any atom is -0.457 e.